The van der Waals surface area contributed by atoms with E-state index in [2.05, 4.69) is 32.3 Å². The van der Waals surface area contributed by atoms with E-state index in [9.17, 15) is 52.9 Å². The predicted molar refractivity (Wildman–Crippen MR) is 208 cm³/mol. The van der Waals surface area contributed by atoms with Crippen molar-refractivity contribution in [2.45, 2.75) is 75.3 Å². The van der Waals surface area contributed by atoms with Crippen molar-refractivity contribution in [3.63, 3.8) is 0 Å². The number of pyridine rings is 1. The van der Waals surface area contributed by atoms with Crippen LogP contribution in [-0.4, -0.2) is 66.9 Å². The zero-order chi connectivity index (χ0) is 45.9. The summed E-state index contributed by atoms with van der Waals surface area (Å²) in [5.74, 6) is -2.32. The van der Waals surface area contributed by atoms with Gasteiger partial charge in [0, 0.05) is 29.2 Å². The lowest BCUT2D eigenvalue weighted by Crippen LogP contribution is -2.35. The van der Waals surface area contributed by atoms with Gasteiger partial charge in [-0.3, -0.25) is 18.9 Å². The summed E-state index contributed by atoms with van der Waals surface area (Å²) in [7, 11) is -4.18. The highest BCUT2D eigenvalue weighted by Gasteiger charge is 2.50. The normalized spacial score (nSPS) is 15.2. The number of sulfonamides is 1. The Hall–Kier alpha value is -5.05. The number of hydrogen-bond acceptors (Lipinski definition) is 7. The maximum Gasteiger partial charge on any atom is 0.435 e. The lowest BCUT2D eigenvalue weighted by Gasteiger charge is -2.23. The number of rotatable bonds is 11. The number of carbonyl (C=O) groups is 1. The van der Waals surface area contributed by atoms with Crippen LogP contribution < -0.4 is 10.0 Å². The highest BCUT2D eigenvalue weighted by molar-refractivity contribution is 7.92. The van der Waals surface area contributed by atoms with Crippen LogP contribution in [0.5, 0.6) is 0 Å². The summed E-state index contributed by atoms with van der Waals surface area (Å²) >= 11 is 4.93. The first-order chi connectivity index (χ1) is 28.5. The molecular formula is C38H32ClF10N7O4S2. The number of alkyl halides is 8. The van der Waals surface area contributed by atoms with E-state index in [1.54, 1.807) is 13.8 Å². The molecule has 0 bridgehead atoms. The van der Waals surface area contributed by atoms with E-state index in [-0.39, 0.29) is 43.2 Å². The standard InChI is InChI=1S/C38H32ClF10N7O4S2/c1-35(2,61(3)58)11-9-22-5-6-23(24-7-8-26(39)29-31(24)56(18-37(44,45)46)53-34(29)54-62(4,59)60)30(50-22)27(15-19-13-20(40)16-21(41)14-19)51-28(57)17-55-33-25(10-12-36(33,42)43)32(52-55)38(47,48)49/h5-8,13-14,16,27H,10,12,15,17-18H2,1-4H3,(H,51,57)(H,53,54)/t27-,61?/m0/s1. The van der Waals surface area contributed by atoms with Crippen LogP contribution in [0.25, 0.3) is 22.0 Å². The molecule has 0 radical (unpaired) electrons. The minimum Gasteiger partial charge on any atom is -0.615 e. The molecule has 2 aromatic carbocycles. The Morgan fingerprint density at radius 3 is 2.26 bits per heavy atom. The number of halogens is 11. The van der Waals surface area contributed by atoms with Gasteiger partial charge in [0.05, 0.1) is 40.2 Å². The monoisotopic (exact) mass is 939 g/mol. The van der Waals surface area contributed by atoms with Crippen LogP contribution in [0.4, 0.5) is 49.7 Å². The van der Waals surface area contributed by atoms with Gasteiger partial charge in [0.2, 0.25) is 15.9 Å². The van der Waals surface area contributed by atoms with Crippen LogP contribution in [0, 0.1) is 23.5 Å². The van der Waals surface area contributed by atoms with Gasteiger partial charge in [-0.2, -0.15) is 45.3 Å². The summed E-state index contributed by atoms with van der Waals surface area (Å²) in [5.41, 5.74) is -4.88. The second kappa shape index (κ2) is 16.6. The van der Waals surface area contributed by atoms with Crippen LogP contribution in [0.2, 0.25) is 5.02 Å². The number of benzene rings is 2. The molecule has 0 aliphatic heterocycles. The molecule has 1 unspecified atom stereocenters. The molecule has 0 spiro atoms. The second-order valence-electron chi connectivity index (χ2n) is 14.8. The third kappa shape index (κ3) is 10.2. The molecule has 3 aromatic heterocycles. The Morgan fingerprint density at radius 2 is 1.66 bits per heavy atom. The van der Waals surface area contributed by atoms with Gasteiger partial charge in [-0.1, -0.05) is 17.7 Å². The molecule has 2 atom stereocenters. The lowest BCUT2D eigenvalue weighted by atomic mass is 9.93. The molecule has 0 saturated carbocycles. The largest absolute Gasteiger partial charge is 0.615 e. The molecule has 24 heteroatoms. The van der Waals surface area contributed by atoms with Crippen molar-refractivity contribution in [1.29, 1.82) is 0 Å². The zero-order valence-electron chi connectivity index (χ0n) is 32.5. The maximum absolute atomic E-state index is 15.0. The van der Waals surface area contributed by atoms with Crippen molar-refractivity contribution in [2.24, 2.45) is 0 Å². The average Bonchev–Trinajstić information content (AvgIpc) is 3.76. The minimum absolute atomic E-state index is 0.111. The fourth-order valence-corrected chi connectivity index (χ4v) is 7.73. The van der Waals surface area contributed by atoms with Crippen molar-refractivity contribution < 1.29 is 61.7 Å². The molecule has 0 saturated heterocycles. The third-order valence-corrected chi connectivity index (χ3v) is 12.0. The predicted octanol–water partition coefficient (Wildman–Crippen LogP) is 7.83. The van der Waals surface area contributed by atoms with E-state index in [1.807, 2.05) is 4.72 Å². The molecule has 2 N–H and O–H groups in total. The molecule has 11 nitrogen and oxygen atoms in total. The quantitative estimate of drug-likeness (QED) is 0.0780. The zero-order valence-corrected chi connectivity index (χ0v) is 34.9. The summed E-state index contributed by atoms with van der Waals surface area (Å²) in [6.45, 7) is 0.0544. The maximum atomic E-state index is 15.0. The van der Waals surface area contributed by atoms with E-state index in [4.69, 9.17) is 11.6 Å². The summed E-state index contributed by atoms with van der Waals surface area (Å²) in [5, 5.41) is 9.04. The van der Waals surface area contributed by atoms with Crippen LogP contribution in [0.1, 0.15) is 60.2 Å². The first-order valence-corrected chi connectivity index (χ1v) is 21.8. The molecular weight excluding hydrogens is 908 g/mol. The van der Waals surface area contributed by atoms with E-state index in [0.717, 1.165) is 12.1 Å². The lowest BCUT2D eigenvalue weighted by molar-refractivity contribution is -0.142. The van der Waals surface area contributed by atoms with Crippen molar-refractivity contribution in [3.8, 4) is 23.0 Å². The number of nitrogens with one attached hydrogen (secondary N) is 2. The van der Waals surface area contributed by atoms with Gasteiger partial charge in [-0.15, -0.1) is 0 Å². The minimum atomic E-state index is -5.17. The summed E-state index contributed by atoms with van der Waals surface area (Å²) < 4.78 is 182. The van der Waals surface area contributed by atoms with Crippen LogP contribution in [-0.2, 0) is 64.0 Å². The third-order valence-electron chi connectivity index (χ3n) is 9.55. The van der Waals surface area contributed by atoms with Crippen LogP contribution in [0.3, 0.4) is 0 Å². The number of carbonyl (C=O) groups excluding carboxylic acids is 1. The summed E-state index contributed by atoms with van der Waals surface area (Å²) in [6.07, 6.45) is -10.3. The fourth-order valence-electron chi connectivity index (χ4n) is 6.80. The molecule has 0 fully saturated rings. The number of fused-ring (bicyclic) bond motifs is 2. The Labute approximate surface area is 354 Å². The van der Waals surface area contributed by atoms with Gasteiger partial charge in [0.1, 0.15) is 36.1 Å². The van der Waals surface area contributed by atoms with Crippen molar-refractivity contribution in [2.75, 3.05) is 17.2 Å². The van der Waals surface area contributed by atoms with Crippen LogP contribution >= 0.6 is 11.6 Å². The highest BCUT2D eigenvalue weighted by Crippen LogP contribution is 2.47. The molecule has 332 valence electrons. The molecule has 1 amide bonds. The van der Waals surface area contributed by atoms with Crippen LogP contribution in [0.15, 0.2) is 42.5 Å². The van der Waals surface area contributed by atoms with Gasteiger partial charge >= 0.3 is 12.4 Å². The molecule has 6 rings (SSSR count). The first-order valence-electron chi connectivity index (χ1n) is 17.9. The van der Waals surface area contributed by atoms with Gasteiger partial charge < -0.3 is 9.87 Å². The topological polar surface area (TPSA) is 147 Å². The SMILES string of the molecule is C[S+]([O-])C(C)(C)C#Cc1ccc(-c2ccc(Cl)c3c(NS(C)(=O)=O)nn(CC(F)(F)F)c23)c([C@H](Cc2cc(F)cc(F)c2)NC(=O)Cn2nc(C(F)(F)F)c3c2C(F)(F)CC3)n1. The number of hydrogen-bond donors (Lipinski definition) is 2. The Balaban J connectivity index is 1.60. The number of amides is 1. The molecule has 1 aliphatic carbocycles. The second-order valence-corrected chi connectivity index (χ2v) is 18.9. The fraction of sp³-hybridized carbons (Fsp3) is 0.368. The Kier molecular flexibility index (Phi) is 12.4. The van der Waals surface area contributed by atoms with Crippen molar-refractivity contribution >= 4 is 55.4 Å². The smallest absolute Gasteiger partial charge is 0.435 e. The Morgan fingerprint density at radius 1 is 1.02 bits per heavy atom. The number of nitrogens with zero attached hydrogens (tertiary/aromatic N) is 5. The molecule has 3 heterocycles. The van der Waals surface area contributed by atoms with Gasteiger partial charge in [0.15, 0.2) is 16.3 Å². The molecule has 62 heavy (non-hydrogen) atoms. The number of anilines is 1. The summed E-state index contributed by atoms with van der Waals surface area (Å²) in [4.78, 5) is 18.5. The number of aromatic nitrogens is 5. The van der Waals surface area contributed by atoms with Crippen molar-refractivity contribution in [1.82, 2.24) is 29.9 Å². The van der Waals surface area contributed by atoms with E-state index >= 15 is 8.78 Å². The van der Waals surface area contributed by atoms with Gasteiger partial charge in [-0.25, -0.2) is 22.2 Å². The van der Waals surface area contributed by atoms with E-state index < -0.39 is 128 Å². The van der Waals surface area contributed by atoms with E-state index in [1.165, 1.54) is 30.5 Å². The molecule has 1 aliphatic rings. The highest BCUT2D eigenvalue weighted by atomic mass is 35.5. The van der Waals surface area contributed by atoms with Gasteiger partial charge in [-0.05, 0) is 85.6 Å². The summed E-state index contributed by atoms with van der Waals surface area (Å²) in [6, 6.07) is 5.59. The van der Waals surface area contributed by atoms with Gasteiger partial charge in [0.25, 0.3) is 5.92 Å². The molecule has 5 aromatic rings. The van der Waals surface area contributed by atoms with E-state index in [0.29, 0.717) is 17.0 Å². The first kappa shape index (κ1) is 46.5. The Bertz CT molecular complexity index is 2740. The average molecular weight is 940 g/mol. The van der Waals surface area contributed by atoms with Crippen molar-refractivity contribution in [3.05, 3.63) is 93.0 Å².